The van der Waals surface area contributed by atoms with Crippen LogP contribution in [0.3, 0.4) is 0 Å². The van der Waals surface area contributed by atoms with Crippen molar-refractivity contribution in [3.05, 3.63) is 0 Å². The highest BCUT2D eigenvalue weighted by atomic mass is 16.2. The largest absolute Gasteiger partial charge is 0.335 e. The Kier molecular flexibility index (Phi) is 2.29. The highest BCUT2D eigenvalue weighted by Gasteiger charge is 2.50. The van der Waals surface area contributed by atoms with E-state index in [2.05, 4.69) is 24.1 Å². The second-order valence-corrected chi connectivity index (χ2v) is 6.40. The molecular weight excluding hydrogens is 200 g/mol. The molecular formula is C13H22N2O. The maximum Gasteiger partial charge on any atom is 0.226 e. The summed E-state index contributed by atoms with van der Waals surface area (Å²) < 4.78 is 0. The molecule has 0 bridgehead atoms. The summed E-state index contributed by atoms with van der Waals surface area (Å²) >= 11 is 0. The van der Waals surface area contributed by atoms with E-state index in [1.54, 1.807) is 0 Å². The average Bonchev–Trinajstić information content (AvgIpc) is 2.84. The van der Waals surface area contributed by atoms with Crippen molar-refractivity contribution in [2.24, 2.45) is 17.8 Å². The van der Waals surface area contributed by atoms with Gasteiger partial charge in [-0.3, -0.25) is 4.79 Å². The van der Waals surface area contributed by atoms with Gasteiger partial charge in [-0.15, -0.1) is 0 Å². The van der Waals surface area contributed by atoms with Crippen molar-refractivity contribution < 1.29 is 4.79 Å². The molecule has 2 atom stereocenters. The minimum absolute atomic E-state index is 0.00210. The van der Waals surface area contributed by atoms with Crippen LogP contribution in [0.2, 0.25) is 0 Å². The quantitative estimate of drug-likeness (QED) is 0.724. The Morgan fingerprint density at radius 1 is 1.25 bits per heavy atom. The van der Waals surface area contributed by atoms with Crippen molar-refractivity contribution in [1.82, 2.24) is 10.2 Å². The van der Waals surface area contributed by atoms with E-state index in [1.165, 1.54) is 19.3 Å². The number of nitrogens with one attached hydrogen (secondary N) is 1. The molecule has 90 valence electrons. The van der Waals surface area contributed by atoms with E-state index in [0.717, 1.165) is 31.5 Å². The number of nitrogens with zero attached hydrogens (tertiary/aromatic N) is 1. The molecule has 0 aromatic rings. The number of rotatable bonds is 1. The fourth-order valence-electron chi connectivity index (χ4n) is 3.53. The second kappa shape index (κ2) is 3.46. The topological polar surface area (TPSA) is 32.3 Å². The van der Waals surface area contributed by atoms with Gasteiger partial charge in [0.2, 0.25) is 5.91 Å². The summed E-state index contributed by atoms with van der Waals surface area (Å²) in [5, 5.41) is 3.37. The van der Waals surface area contributed by atoms with Gasteiger partial charge in [0.05, 0.1) is 0 Å². The van der Waals surface area contributed by atoms with Crippen LogP contribution in [0.4, 0.5) is 0 Å². The van der Waals surface area contributed by atoms with Crippen molar-refractivity contribution >= 4 is 5.91 Å². The number of carbonyl (C=O) groups is 1. The average molecular weight is 222 g/mol. The number of fused-ring (bicyclic) bond motifs is 1. The highest BCUT2D eigenvalue weighted by Crippen LogP contribution is 2.54. The number of amides is 1. The van der Waals surface area contributed by atoms with E-state index >= 15 is 0 Å². The number of hydrogen-bond acceptors (Lipinski definition) is 2. The zero-order chi connectivity index (χ0) is 11.3. The van der Waals surface area contributed by atoms with Gasteiger partial charge in [-0.1, -0.05) is 0 Å². The maximum absolute atomic E-state index is 12.5. The van der Waals surface area contributed by atoms with Crippen molar-refractivity contribution in [3.8, 4) is 0 Å². The Bertz CT molecular complexity index is 303. The standard InChI is InChI=1S/C13H22N2O/c1-13(2)8-14-3-4-15(13)12(16)11-6-9-5-10(9)7-11/h9-11,14H,3-8H2,1-2H3. The Morgan fingerprint density at radius 2 is 1.94 bits per heavy atom. The van der Waals surface area contributed by atoms with E-state index in [-0.39, 0.29) is 5.54 Å². The van der Waals surface area contributed by atoms with Gasteiger partial charge in [0.25, 0.3) is 0 Å². The van der Waals surface area contributed by atoms with Crippen LogP contribution >= 0.6 is 0 Å². The van der Waals surface area contributed by atoms with Gasteiger partial charge < -0.3 is 10.2 Å². The number of carbonyl (C=O) groups excluding carboxylic acids is 1. The molecule has 1 heterocycles. The van der Waals surface area contributed by atoms with Gasteiger partial charge in [-0.05, 0) is 44.9 Å². The summed E-state index contributed by atoms with van der Waals surface area (Å²) in [6.45, 7) is 7.12. The molecule has 0 radical (unpaired) electrons. The van der Waals surface area contributed by atoms with Gasteiger partial charge in [0, 0.05) is 31.1 Å². The van der Waals surface area contributed by atoms with Crippen LogP contribution in [0, 0.1) is 17.8 Å². The summed E-state index contributed by atoms with van der Waals surface area (Å²) in [6, 6.07) is 0. The zero-order valence-corrected chi connectivity index (χ0v) is 10.3. The molecule has 2 aliphatic carbocycles. The lowest BCUT2D eigenvalue weighted by Crippen LogP contribution is -2.60. The lowest BCUT2D eigenvalue weighted by Gasteiger charge is -2.44. The molecule has 0 spiro atoms. The molecule has 0 aromatic heterocycles. The highest BCUT2D eigenvalue weighted by molar-refractivity contribution is 5.80. The minimum atomic E-state index is 0.00210. The third-order valence-electron chi connectivity index (χ3n) is 4.66. The predicted molar refractivity (Wildman–Crippen MR) is 63.0 cm³/mol. The van der Waals surface area contributed by atoms with Gasteiger partial charge in [-0.2, -0.15) is 0 Å². The molecule has 0 aromatic carbocycles. The summed E-state index contributed by atoms with van der Waals surface area (Å²) in [6.07, 6.45) is 3.74. The molecule has 3 aliphatic rings. The van der Waals surface area contributed by atoms with Crippen molar-refractivity contribution in [3.63, 3.8) is 0 Å². The Hall–Kier alpha value is -0.570. The summed E-state index contributed by atoms with van der Waals surface area (Å²) in [5.74, 6) is 2.58. The van der Waals surface area contributed by atoms with Crippen LogP contribution in [0.5, 0.6) is 0 Å². The van der Waals surface area contributed by atoms with Crippen molar-refractivity contribution in [1.29, 1.82) is 0 Å². The number of hydrogen-bond donors (Lipinski definition) is 1. The monoisotopic (exact) mass is 222 g/mol. The summed E-state index contributed by atoms with van der Waals surface area (Å²) in [4.78, 5) is 14.6. The first kappa shape index (κ1) is 10.6. The first-order chi connectivity index (χ1) is 7.58. The molecule has 3 heteroatoms. The molecule has 3 rings (SSSR count). The Morgan fingerprint density at radius 3 is 2.56 bits per heavy atom. The van der Waals surface area contributed by atoms with Gasteiger partial charge in [-0.25, -0.2) is 0 Å². The minimum Gasteiger partial charge on any atom is -0.335 e. The van der Waals surface area contributed by atoms with Crippen LogP contribution in [-0.4, -0.2) is 36.0 Å². The summed E-state index contributed by atoms with van der Waals surface area (Å²) in [7, 11) is 0. The predicted octanol–water partition coefficient (Wildman–Crippen LogP) is 1.24. The molecule has 2 unspecified atom stereocenters. The van der Waals surface area contributed by atoms with Gasteiger partial charge in [0.1, 0.15) is 0 Å². The Balaban J connectivity index is 1.68. The molecule has 1 amide bonds. The molecule has 3 nitrogen and oxygen atoms in total. The normalized spacial score (nSPS) is 40.6. The van der Waals surface area contributed by atoms with Crippen molar-refractivity contribution in [2.45, 2.75) is 38.6 Å². The zero-order valence-electron chi connectivity index (χ0n) is 10.3. The molecule has 3 fully saturated rings. The lowest BCUT2D eigenvalue weighted by molar-refractivity contribution is -0.142. The van der Waals surface area contributed by atoms with E-state index in [9.17, 15) is 4.79 Å². The fourth-order valence-corrected chi connectivity index (χ4v) is 3.53. The van der Waals surface area contributed by atoms with Crippen LogP contribution < -0.4 is 5.32 Å². The first-order valence-corrected chi connectivity index (χ1v) is 6.60. The Labute approximate surface area is 97.6 Å². The van der Waals surface area contributed by atoms with Crippen molar-refractivity contribution in [2.75, 3.05) is 19.6 Å². The second-order valence-electron chi connectivity index (χ2n) is 6.40. The first-order valence-electron chi connectivity index (χ1n) is 6.60. The van der Waals surface area contributed by atoms with Crippen LogP contribution in [-0.2, 0) is 4.79 Å². The summed E-state index contributed by atoms with van der Waals surface area (Å²) in [5.41, 5.74) is 0.00210. The lowest BCUT2D eigenvalue weighted by atomic mass is 9.95. The fraction of sp³-hybridized carbons (Fsp3) is 0.923. The van der Waals surface area contributed by atoms with E-state index < -0.39 is 0 Å². The third kappa shape index (κ3) is 1.65. The van der Waals surface area contributed by atoms with E-state index in [0.29, 0.717) is 11.8 Å². The number of piperazine rings is 1. The SMILES string of the molecule is CC1(C)CNCCN1C(=O)C1CC2CC2C1. The van der Waals surface area contributed by atoms with Gasteiger partial charge in [0.15, 0.2) is 0 Å². The molecule has 1 N–H and O–H groups in total. The van der Waals surface area contributed by atoms with Crippen LogP contribution in [0.1, 0.15) is 33.1 Å². The van der Waals surface area contributed by atoms with E-state index in [1.807, 2.05) is 0 Å². The van der Waals surface area contributed by atoms with E-state index in [4.69, 9.17) is 0 Å². The smallest absolute Gasteiger partial charge is 0.226 e. The molecule has 1 aliphatic heterocycles. The van der Waals surface area contributed by atoms with Crippen LogP contribution in [0.15, 0.2) is 0 Å². The maximum atomic E-state index is 12.5. The van der Waals surface area contributed by atoms with Crippen LogP contribution in [0.25, 0.3) is 0 Å². The molecule has 2 saturated carbocycles. The van der Waals surface area contributed by atoms with Gasteiger partial charge >= 0.3 is 0 Å². The molecule has 1 saturated heterocycles. The molecule has 16 heavy (non-hydrogen) atoms. The third-order valence-corrected chi connectivity index (χ3v) is 4.66.